The lowest BCUT2D eigenvalue weighted by Gasteiger charge is -2.26. The van der Waals surface area contributed by atoms with Crippen molar-refractivity contribution >= 4 is 17.4 Å². The van der Waals surface area contributed by atoms with E-state index in [1.165, 1.54) is 4.90 Å². The van der Waals surface area contributed by atoms with E-state index in [4.69, 9.17) is 0 Å². The SMILES string of the molecule is Cc1ccc(C)c(C(O)=C2C(=O)C(=O)N(Cc3cccnc3)C2c2ccc(C(C)C)cc2)c1. The summed E-state index contributed by atoms with van der Waals surface area (Å²) in [6.45, 7) is 8.26. The van der Waals surface area contributed by atoms with Crippen LogP contribution in [0.1, 0.15) is 59.2 Å². The number of hydrogen-bond acceptors (Lipinski definition) is 4. The van der Waals surface area contributed by atoms with Gasteiger partial charge in [-0.1, -0.05) is 61.9 Å². The summed E-state index contributed by atoms with van der Waals surface area (Å²) in [6, 6.07) is 16.6. The number of nitrogens with zero attached hydrogens (tertiary/aromatic N) is 2. The van der Waals surface area contributed by atoms with E-state index in [0.717, 1.165) is 27.8 Å². The number of aliphatic hydroxyl groups excluding tert-OH is 1. The minimum absolute atomic E-state index is 0.120. The van der Waals surface area contributed by atoms with Gasteiger partial charge in [-0.15, -0.1) is 0 Å². The second kappa shape index (κ2) is 9.02. The zero-order chi connectivity index (χ0) is 23.7. The highest BCUT2D eigenvalue weighted by molar-refractivity contribution is 6.46. The number of benzene rings is 2. The van der Waals surface area contributed by atoms with Crippen LogP contribution in [0.3, 0.4) is 0 Å². The molecule has 3 aromatic rings. The van der Waals surface area contributed by atoms with Crippen molar-refractivity contribution in [1.82, 2.24) is 9.88 Å². The van der Waals surface area contributed by atoms with Crippen LogP contribution >= 0.6 is 0 Å². The number of likely N-dealkylation sites (tertiary alicyclic amines) is 1. The van der Waals surface area contributed by atoms with Crippen molar-refractivity contribution < 1.29 is 14.7 Å². The van der Waals surface area contributed by atoms with E-state index in [-0.39, 0.29) is 17.9 Å². The van der Waals surface area contributed by atoms with Crippen molar-refractivity contribution in [3.63, 3.8) is 0 Å². The first-order valence-electron chi connectivity index (χ1n) is 11.1. The first-order chi connectivity index (χ1) is 15.8. The molecule has 1 saturated heterocycles. The second-order valence-corrected chi connectivity index (χ2v) is 8.93. The van der Waals surface area contributed by atoms with Crippen LogP contribution in [0.2, 0.25) is 0 Å². The van der Waals surface area contributed by atoms with E-state index < -0.39 is 17.7 Å². The monoisotopic (exact) mass is 440 g/mol. The third kappa shape index (κ3) is 4.31. The molecule has 1 aliphatic rings. The Hall–Kier alpha value is -3.73. The molecule has 1 unspecified atom stereocenters. The number of aromatic nitrogens is 1. The fourth-order valence-corrected chi connectivity index (χ4v) is 4.28. The van der Waals surface area contributed by atoms with Crippen LogP contribution in [0.5, 0.6) is 0 Å². The summed E-state index contributed by atoms with van der Waals surface area (Å²) in [5, 5.41) is 11.3. The fourth-order valence-electron chi connectivity index (χ4n) is 4.28. The summed E-state index contributed by atoms with van der Waals surface area (Å²) < 4.78 is 0. The maximum Gasteiger partial charge on any atom is 0.295 e. The largest absolute Gasteiger partial charge is 0.507 e. The number of hydrogen-bond donors (Lipinski definition) is 1. The molecule has 0 bridgehead atoms. The van der Waals surface area contributed by atoms with Gasteiger partial charge in [-0.3, -0.25) is 14.6 Å². The van der Waals surface area contributed by atoms with E-state index in [2.05, 4.69) is 18.8 Å². The molecule has 0 aliphatic carbocycles. The molecule has 33 heavy (non-hydrogen) atoms. The highest BCUT2D eigenvalue weighted by Crippen LogP contribution is 2.41. The molecule has 1 amide bonds. The molecule has 168 valence electrons. The van der Waals surface area contributed by atoms with Crippen LogP contribution < -0.4 is 0 Å². The maximum atomic E-state index is 13.3. The number of pyridine rings is 1. The van der Waals surface area contributed by atoms with Gasteiger partial charge >= 0.3 is 0 Å². The zero-order valence-electron chi connectivity index (χ0n) is 19.4. The number of ketones is 1. The quantitative estimate of drug-likeness (QED) is 0.326. The number of carbonyl (C=O) groups is 2. The van der Waals surface area contributed by atoms with Gasteiger partial charge < -0.3 is 10.0 Å². The van der Waals surface area contributed by atoms with Crippen LogP contribution in [0.15, 0.2) is 72.6 Å². The van der Waals surface area contributed by atoms with Gasteiger partial charge in [-0.25, -0.2) is 0 Å². The van der Waals surface area contributed by atoms with E-state index in [9.17, 15) is 14.7 Å². The molecular weight excluding hydrogens is 412 g/mol. The van der Waals surface area contributed by atoms with E-state index in [1.807, 2.05) is 62.4 Å². The van der Waals surface area contributed by atoms with Gasteiger partial charge in [-0.05, 0) is 54.2 Å². The maximum absolute atomic E-state index is 13.3. The lowest BCUT2D eigenvalue weighted by atomic mass is 9.92. The normalized spacial score (nSPS) is 17.7. The van der Waals surface area contributed by atoms with Gasteiger partial charge in [0.15, 0.2) is 0 Å². The van der Waals surface area contributed by atoms with Crippen molar-refractivity contribution in [2.45, 2.75) is 46.2 Å². The molecule has 2 aromatic carbocycles. The molecule has 5 heteroatoms. The van der Waals surface area contributed by atoms with Gasteiger partial charge in [0.1, 0.15) is 5.76 Å². The smallest absolute Gasteiger partial charge is 0.295 e. The Morgan fingerprint density at radius 2 is 1.79 bits per heavy atom. The molecule has 0 spiro atoms. The first kappa shape index (κ1) is 22.5. The Balaban J connectivity index is 1.89. The molecule has 1 aliphatic heterocycles. The minimum atomic E-state index is -0.689. The second-order valence-electron chi connectivity index (χ2n) is 8.93. The molecular formula is C28H28N2O3. The standard InChI is InChI=1S/C28H28N2O3/c1-17(2)21-9-11-22(12-10-21)25-24(26(31)23-14-18(3)7-8-19(23)4)27(32)28(33)30(25)16-20-6-5-13-29-15-20/h5-15,17,25,31H,16H2,1-4H3. The highest BCUT2D eigenvalue weighted by Gasteiger charge is 2.46. The van der Waals surface area contributed by atoms with E-state index in [0.29, 0.717) is 11.5 Å². The fraction of sp³-hybridized carbons (Fsp3) is 0.250. The first-order valence-corrected chi connectivity index (χ1v) is 11.1. The molecule has 0 radical (unpaired) electrons. The molecule has 5 nitrogen and oxygen atoms in total. The molecule has 1 aromatic heterocycles. The van der Waals surface area contributed by atoms with Gasteiger partial charge in [0, 0.05) is 24.5 Å². The molecule has 1 N–H and O–H groups in total. The zero-order valence-corrected chi connectivity index (χ0v) is 19.4. The van der Waals surface area contributed by atoms with Gasteiger partial charge in [0.05, 0.1) is 11.6 Å². The summed E-state index contributed by atoms with van der Waals surface area (Å²) in [7, 11) is 0. The third-order valence-corrected chi connectivity index (χ3v) is 6.18. The summed E-state index contributed by atoms with van der Waals surface area (Å²) in [6.07, 6.45) is 3.35. The predicted octanol–water partition coefficient (Wildman–Crippen LogP) is 5.44. The highest BCUT2D eigenvalue weighted by atomic mass is 16.3. The van der Waals surface area contributed by atoms with E-state index in [1.54, 1.807) is 18.5 Å². The van der Waals surface area contributed by atoms with Crippen molar-refractivity contribution in [2.75, 3.05) is 0 Å². The van der Waals surface area contributed by atoms with E-state index >= 15 is 0 Å². The summed E-state index contributed by atoms with van der Waals surface area (Å²) >= 11 is 0. The molecule has 1 atom stereocenters. The van der Waals surface area contributed by atoms with Crippen LogP contribution in [0.4, 0.5) is 0 Å². The third-order valence-electron chi connectivity index (χ3n) is 6.18. The molecule has 0 saturated carbocycles. The van der Waals surface area contributed by atoms with Crippen LogP contribution in [0.25, 0.3) is 5.76 Å². The van der Waals surface area contributed by atoms with Crippen molar-refractivity contribution in [3.8, 4) is 0 Å². The minimum Gasteiger partial charge on any atom is -0.507 e. The summed E-state index contributed by atoms with van der Waals surface area (Å²) in [5.74, 6) is -1.07. The van der Waals surface area contributed by atoms with Crippen LogP contribution in [-0.2, 0) is 16.1 Å². The Bertz CT molecular complexity index is 1230. The Morgan fingerprint density at radius 1 is 1.06 bits per heavy atom. The molecule has 4 rings (SSSR count). The number of aliphatic hydroxyl groups is 1. The predicted molar refractivity (Wildman–Crippen MR) is 129 cm³/mol. The Labute approximate surface area is 194 Å². The van der Waals surface area contributed by atoms with Crippen LogP contribution in [-0.4, -0.2) is 26.7 Å². The van der Waals surface area contributed by atoms with Crippen molar-refractivity contribution in [3.05, 3.63) is 106 Å². The lowest BCUT2D eigenvalue weighted by Crippen LogP contribution is -2.29. The number of amides is 1. The average molecular weight is 441 g/mol. The van der Waals surface area contributed by atoms with Gasteiger partial charge in [0.2, 0.25) is 0 Å². The number of rotatable bonds is 5. The number of carbonyl (C=O) groups excluding carboxylic acids is 2. The van der Waals surface area contributed by atoms with Crippen molar-refractivity contribution in [2.24, 2.45) is 0 Å². The number of Topliss-reactive ketones (excluding diaryl/α,β-unsaturated/α-hetero) is 1. The Morgan fingerprint density at radius 3 is 2.42 bits per heavy atom. The van der Waals surface area contributed by atoms with Gasteiger partial charge in [0.25, 0.3) is 11.7 Å². The Kier molecular flexibility index (Phi) is 6.14. The molecule has 1 fully saturated rings. The number of aryl methyl sites for hydroxylation is 2. The molecule has 2 heterocycles. The average Bonchev–Trinajstić information content (AvgIpc) is 3.06. The van der Waals surface area contributed by atoms with Gasteiger partial charge in [-0.2, -0.15) is 0 Å². The summed E-state index contributed by atoms with van der Waals surface area (Å²) in [4.78, 5) is 32.1. The van der Waals surface area contributed by atoms with Crippen LogP contribution in [0, 0.1) is 13.8 Å². The van der Waals surface area contributed by atoms with Crippen molar-refractivity contribution in [1.29, 1.82) is 0 Å². The topological polar surface area (TPSA) is 70.5 Å². The summed E-state index contributed by atoms with van der Waals surface area (Å²) in [5.41, 5.74) is 5.25. The lowest BCUT2D eigenvalue weighted by molar-refractivity contribution is -0.140.